The summed E-state index contributed by atoms with van der Waals surface area (Å²) in [6.07, 6.45) is 8.77. The molecule has 0 saturated carbocycles. The fourth-order valence-corrected chi connectivity index (χ4v) is 2.59. The van der Waals surface area contributed by atoms with E-state index in [9.17, 15) is 0 Å². The van der Waals surface area contributed by atoms with E-state index < -0.39 is 11.9 Å². The Kier molecular flexibility index (Phi) is 12.3. The Hall–Kier alpha value is 1.09. The fraction of sp³-hybridized carbons (Fsp3) is 0.778. The first-order chi connectivity index (χ1) is 11.2. The first-order valence-electron chi connectivity index (χ1n) is 8.36. The number of hydrogen-bond acceptors (Lipinski definition) is 0. The Morgan fingerprint density at radius 2 is 1.44 bits per heavy atom. The molecule has 0 bridgehead atoms. The number of rotatable bonds is 0. The summed E-state index contributed by atoms with van der Waals surface area (Å²) in [4.78, 5) is 0. The van der Waals surface area contributed by atoms with Crippen LogP contribution in [0, 0.1) is 16.7 Å². The zero-order valence-electron chi connectivity index (χ0n) is 16.1. The van der Waals surface area contributed by atoms with E-state index in [0.29, 0.717) is 5.41 Å². The summed E-state index contributed by atoms with van der Waals surface area (Å²) in [5.41, 5.74) is 2.19. The molecule has 152 valence electrons. The molecule has 1 fully saturated rings. The average Bonchev–Trinajstić information content (AvgIpc) is 2.46. The van der Waals surface area contributed by atoms with Crippen molar-refractivity contribution >= 4 is 37.7 Å². The Morgan fingerprint density at radius 3 is 1.68 bits per heavy atom. The van der Waals surface area contributed by atoms with Gasteiger partial charge in [-0.3, -0.25) is 0 Å². The van der Waals surface area contributed by atoms with Gasteiger partial charge in [0.05, 0.1) is 0 Å². The second-order valence-electron chi connectivity index (χ2n) is 8.17. The van der Waals surface area contributed by atoms with Crippen molar-refractivity contribution in [1.29, 1.82) is 0 Å². The van der Waals surface area contributed by atoms with Crippen LogP contribution in [0.4, 0.5) is 0 Å². The minimum absolute atomic E-state index is 0.284. The topological polar surface area (TPSA) is 28.2 Å². The summed E-state index contributed by atoms with van der Waals surface area (Å²) in [5.74, 6) is 0.907. The number of hydrogen-bond donors (Lipinski definition) is 0. The van der Waals surface area contributed by atoms with Gasteiger partial charge < -0.3 is 10.6 Å². The summed E-state index contributed by atoms with van der Waals surface area (Å²) < 4.78 is 0. The summed E-state index contributed by atoms with van der Waals surface area (Å²) in [7, 11) is 20.0. The molecule has 0 aromatic rings. The monoisotopic (exact) mass is 611 g/mol. The first-order valence-corrected chi connectivity index (χ1v) is 19.6. The van der Waals surface area contributed by atoms with E-state index in [2.05, 4.69) is 64.3 Å². The van der Waals surface area contributed by atoms with Crippen LogP contribution in [-0.2, 0) is 11.9 Å². The predicted octanol–water partition coefficient (Wildman–Crippen LogP) is 8.43. The molecule has 2 aliphatic rings. The molecule has 2 rings (SSSR count). The summed E-state index contributed by atoms with van der Waals surface area (Å²) in [6, 6.07) is 0. The van der Waals surface area contributed by atoms with Crippen molar-refractivity contribution < 1.29 is 11.9 Å². The van der Waals surface area contributed by atoms with Gasteiger partial charge in [0.15, 0.2) is 0 Å². The molecule has 1 saturated heterocycles. The maximum absolute atomic E-state index is 5.01. The van der Waals surface area contributed by atoms with Crippen molar-refractivity contribution in [3.8, 4) is 0 Å². The van der Waals surface area contributed by atoms with Gasteiger partial charge in [-0.05, 0) is 22.3 Å². The number of piperidine rings is 1. The standard InChI is InChI=1S/C9H18N.C9H14N.4ClH.Pt/c2*1-9(2,3)8-4-6-10-7-5-8;;;;;/h8H,4-7H2,1-3H3;4-6H,7H2,1-3H3;4*1H;/q2*-1;;;;;+6/p-4. The van der Waals surface area contributed by atoms with Gasteiger partial charge in [-0.15, -0.1) is 19.6 Å². The third-order valence-corrected chi connectivity index (χ3v) is 4.14. The van der Waals surface area contributed by atoms with Gasteiger partial charge in [-0.1, -0.05) is 66.5 Å². The molecule has 0 aromatic heterocycles. The molecule has 0 aromatic carbocycles. The van der Waals surface area contributed by atoms with Crippen molar-refractivity contribution in [1.82, 2.24) is 0 Å². The molecule has 0 spiro atoms. The Labute approximate surface area is 174 Å². The minimum atomic E-state index is -3.06. The molecule has 0 N–H and O–H groups in total. The van der Waals surface area contributed by atoms with Crippen LogP contribution in [0.5, 0.6) is 0 Å². The SMILES string of the molecule is CC(C)(C)C1=CC[N-]C=C1.CC(C)(C)C1CC[N-]CC1.[Cl][Pt+2]([Cl])([Cl])[Cl]. The molecule has 7 heteroatoms. The Morgan fingerprint density at radius 1 is 0.960 bits per heavy atom. The molecule has 0 amide bonds. The molecule has 0 unspecified atom stereocenters. The van der Waals surface area contributed by atoms with E-state index in [1.807, 2.05) is 6.20 Å². The third kappa shape index (κ3) is 15.8. The zero-order chi connectivity index (χ0) is 19.7. The quantitative estimate of drug-likeness (QED) is 0.263. The summed E-state index contributed by atoms with van der Waals surface area (Å²) in [5, 5.41) is 8.42. The number of nitrogens with zero attached hydrogens (tertiary/aromatic N) is 2. The van der Waals surface area contributed by atoms with Crippen molar-refractivity contribution in [2.75, 3.05) is 19.6 Å². The maximum atomic E-state index is 5.01. The molecule has 0 radical (unpaired) electrons. The summed E-state index contributed by atoms with van der Waals surface area (Å²) in [6.45, 7) is 16.7. The second kappa shape index (κ2) is 11.8. The molecular formula is C18H32Cl4N2Pt. The van der Waals surface area contributed by atoms with Crippen molar-refractivity contribution in [3.05, 3.63) is 34.6 Å². The van der Waals surface area contributed by atoms with Gasteiger partial charge in [-0.25, -0.2) is 0 Å². The molecular weight excluding hydrogens is 581 g/mol. The number of halogens is 4. The van der Waals surface area contributed by atoms with E-state index in [0.717, 1.165) is 25.6 Å². The predicted molar refractivity (Wildman–Crippen MR) is 114 cm³/mol. The molecule has 25 heavy (non-hydrogen) atoms. The van der Waals surface area contributed by atoms with Crippen molar-refractivity contribution in [2.24, 2.45) is 16.7 Å². The molecule has 2 aliphatic heterocycles. The first kappa shape index (κ1) is 26.1. The molecule has 2 nitrogen and oxygen atoms in total. The van der Waals surface area contributed by atoms with E-state index in [4.69, 9.17) is 37.7 Å². The van der Waals surface area contributed by atoms with Gasteiger partial charge in [0, 0.05) is 0 Å². The van der Waals surface area contributed by atoms with E-state index in [-0.39, 0.29) is 5.41 Å². The van der Waals surface area contributed by atoms with Crippen LogP contribution < -0.4 is 0 Å². The van der Waals surface area contributed by atoms with Gasteiger partial charge in [0.2, 0.25) is 0 Å². The molecule has 0 aliphatic carbocycles. The number of allylic oxidation sites excluding steroid dienone is 2. The van der Waals surface area contributed by atoms with Gasteiger partial charge >= 0.3 is 49.6 Å². The van der Waals surface area contributed by atoms with Crippen molar-refractivity contribution in [3.63, 3.8) is 0 Å². The van der Waals surface area contributed by atoms with Crippen LogP contribution in [0.2, 0.25) is 0 Å². The average molecular weight is 613 g/mol. The zero-order valence-corrected chi connectivity index (χ0v) is 21.4. The normalized spacial score (nSPS) is 19.5. The van der Waals surface area contributed by atoms with E-state index in [1.165, 1.54) is 18.4 Å². The van der Waals surface area contributed by atoms with E-state index in [1.54, 1.807) is 0 Å². The van der Waals surface area contributed by atoms with Crippen LogP contribution in [-0.4, -0.2) is 19.6 Å². The van der Waals surface area contributed by atoms with Crippen molar-refractivity contribution in [2.45, 2.75) is 54.4 Å². The Bertz CT molecular complexity index is 420. The van der Waals surface area contributed by atoms with Crippen LogP contribution in [0.1, 0.15) is 54.4 Å². The molecule has 0 atom stereocenters. The van der Waals surface area contributed by atoms with Crippen LogP contribution in [0.15, 0.2) is 23.9 Å². The summed E-state index contributed by atoms with van der Waals surface area (Å²) >= 11 is -3.06. The Balaban J connectivity index is 0.000000368. The van der Waals surface area contributed by atoms with Gasteiger partial charge in [-0.2, -0.15) is 6.20 Å². The molecule has 2 heterocycles. The van der Waals surface area contributed by atoms with Crippen LogP contribution in [0.25, 0.3) is 10.6 Å². The third-order valence-electron chi connectivity index (χ3n) is 4.14. The van der Waals surface area contributed by atoms with Gasteiger partial charge in [0.25, 0.3) is 0 Å². The fourth-order valence-electron chi connectivity index (χ4n) is 2.59. The van der Waals surface area contributed by atoms with Gasteiger partial charge in [0.1, 0.15) is 0 Å². The van der Waals surface area contributed by atoms with Crippen LogP contribution >= 0.6 is 37.7 Å². The second-order valence-corrected chi connectivity index (χ2v) is 27.9. The van der Waals surface area contributed by atoms with Crippen LogP contribution in [0.3, 0.4) is 0 Å². The van der Waals surface area contributed by atoms with E-state index >= 15 is 0 Å².